The van der Waals surface area contributed by atoms with E-state index in [1.54, 1.807) is 24.3 Å². The molecule has 2 amide bonds. The van der Waals surface area contributed by atoms with E-state index in [9.17, 15) is 9.59 Å². The number of hydrogen-bond donors (Lipinski definition) is 0. The number of carbonyl (C=O) groups is 2. The number of likely N-dealkylation sites (tertiary alicyclic amines) is 1. The van der Waals surface area contributed by atoms with Gasteiger partial charge in [-0.2, -0.15) is 0 Å². The highest BCUT2D eigenvalue weighted by Gasteiger charge is 2.43. The molecule has 0 saturated carbocycles. The van der Waals surface area contributed by atoms with Crippen molar-refractivity contribution < 1.29 is 14.3 Å². The number of carbonyl (C=O) groups excluding carboxylic acids is 2. The predicted octanol–water partition coefficient (Wildman–Crippen LogP) is 3.70. The number of piperidine rings is 1. The monoisotopic (exact) mass is 433 g/mol. The predicted molar refractivity (Wildman–Crippen MR) is 126 cm³/mol. The first-order chi connectivity index (χ1) is 15.4. The minimum atomic E-state index is -0.280. The molecule has 32 heavy (non-hydrogen) atoms. The molecule has 2 aromatic rings. The maximum Gasteiger partial charge on any atom is 0.282 e. The van der Waals surface area contributed by atoms with Gasteiger partial charge >= 0.3 is 0 Å². The van der Waals surface area contributed by atoms with Crippen molar-refractivity contribution in [1.29, 1.82) is 0 Å². The second-order valence-electron chi connectivity index (χ2n) is 8.61. The van der Waals surface area contributed by atoms with E-state index in [2.05, 4.69) is 11.9 Å². The lowest BCUT2D eigenvalue weighted by molar-refractivity contribution is -0.120. The largest absolute Gasteiger partial charge is 0.494 e. The highest BCUT2D eigenvalue weighted by Crippen LogP contribution is 2.36. The van der Waals surface area contributed by atoms with Crippen LogP contribution in [0.15, 0.2) is 54.2 Å². The van der Waals surface area contributed by atoms with Gasteiger partial charge in [-0.05, 0) is 76.7 Å². The standard InChI is InChI=1S/C26H31N3O3/c1-5-32-22-12-10-21(11-13-22)29-25(30)23(19-8-6-18(2)7-9-19)24(26(29)31)28(4)20-14-16-27(3)17-15-20/h6-13,20H,5,14-17H2,1-4H3. The Labute approximate surface area is 190 Å². The van der Waals surface area contributed by atoms with Crippen molar-refractivity contribution in [2.24, 2.45) is 0 Å². The maximum atomic E-state index is 13.7. The number of anilines is 1. The molecule has 0 N–H and O–H groups in total. The Bertz CT molecular complexity index is 1020. The molecule has 6 nitrogen and oxygen atoms in total. The Kier molecular flexibility index (Phi) is 6.33. The van der Waals surface area contributed by atoms with Gasteiger partial charge < -0.3 is 14.5 Å². The zero-order valence-corrected chi connectivity index (χ0v) is 19.3. The van der Waals surface area contributed by atoms with Crippen molar-refractivity contribution >= 4 is 23.1 Å². The molecule has 6 heteroatoms. The van der Waals surface area contributed by atoms with Gasteiger partial charge in [-0.25, -0.2) is 4.90 Å². The summed E-state index contributed by atoms with van der Waals surface area (Å²) in [6.45, 7) is 6.45. The Morgan fingerprint density at radius 2 is 1.59 bits per heavy atom. The molecule has 4 rings (SSSR count). The van der Waals surface area contributed by atoms with Crippen LogP contribution < -0.4 is 9.64 Å². The number of amides is 2. The number of nitrogens with zero attached hydrogens (tertiary/aromatic N) is 3. The van der Waals surface area contributed by atoms with Crippen molar-refractivity contribution in [3.05, 3.63) is 65.4 Å². The summed E-state index contributed by atoms with van der Waals surface area (Å²) in [4.78, 5) is 33.0. The molecule has 0 bridgehead atoms. The lowest BCUT2D eigenvalue weighted by Crippen LogP contribution is -2.43. The van der Waals surface area contributed by atoms with Crippen LogP contribution in [0, 0.1) is 6.92 Å². The van der Waals surface area contributed by atoms with E-state index in [1.165, 1.54) is 4.90 Å². The average molecular weight is 434 g/mol. The van der Waals surface area contributed by atoms with Gasteiger partial charge in [0.05, 0.1) is 17.9 Å². The molecule has 1 saturated heterocycles. The summed E-state index contributed by atoms with van der Waals surface area (Å²) in [5.41, 5.74) is 3.41. The van der Waals surface area contributed by atoms with Crippen LogP contribution in [0.3, 0.4) is 0 Å². The third-order valence-corrected chi connectivity index (χ3v) is 6.39. The number of ether oxygens (including phenoxy) is 1. The zero-order valence-electron chi connectivity index (χ0n) is 19.3. The smallest absolute Gasteiger partial charge is 0.282 e. The minimum absolute atomic E-state index is 0.221. The van der Waals surface area contributed by atoms with Gasteiger partial charge in [0.2, 0.25) is 0 Å². The van der Waals surface area contributed by atoms with E-state index < -0.39 is 0 Å². The van der Waals surface area contributed by atoms with Gasteiger partial charge in [0.15, 0.2) is 0 Å². The summed E-state index contributed by atoms with van der Waals surface area (Å²) in [5, 5.41) is 0. The van der Waals surface area contributed by atoms with E-state index in [-0.39, 0.29) is 17.9 Å². The summed E-state index contributed by atoms with van der Waals surface area (Å²) in [6.07, 6.45) is 1.92. The van der Waals surface area contributed by atoms with Crippen molar-refractivity contribution in [2.75, 3.05) is 38.7 Å². The van der Waals surface area contributed by atoms with Gasteiger partial charge in [0.25, 0.3) is 11.8 Å². The fourth-order valence-electron chi connectivity index (χ4n) is 4.48. The number of likely N-dealkylation sites (N-methyl/N-ethyl adjacent to an activating group) is 1. The van der Waals surface area contributed by atoms with Crippen LogP contribution >= 0.6 is 0 Å². The van der Waals surface area contributed by atoms with Gasteiger partial charge in [-0.3, -0.25) is 9.59 Å². The molecule has 2 aliphatic rings. The number of aryl methyl sites for hydroxylation is 1. The Balaban J connectivity index is 1.73. The number of hydrogen-bond acceptors (Lipinski definition) is 5. The Morgan fingerprint density at radius 1 is 0.969 bits per heavy atom. The minimum Gasteiger partial charge on any atom is -0.494 e. The first kappa shape index (κ1) is 22.1. The van der Waals surface area contributed by atoms with Crippen molar-refractivity contribution in [1.82, 2.24) is 9.80 Å². The molecule has 2 aromatic carbocycles. The van der Waals surface area contributed by atoms with Gasteiger partial charge in [-0.15, -0.1) is 0 Å². The molecule has 0 aromatic heterocycles. The number of benzene rings is 2. The third-order valence-electron chi connectivity index (χ3n) is 6.39. The molecule has 0 aliphatic carbocycles. The summed E-state index contributed by atoms with van der Waals surface area (Å²) in [7, 11) is 4.07. The van der Waals surface area contributed by atoms with E-state index in [4.69, 9.17) is 4.74 Å². The molecule has 0 unspecified atom stereocenters. The van der Waals surface area contributed by atoms with E-state index in [0.29, 0.717) is 29.3 Å². The summed E-state index contributed by atoms with van der Waals surface area (Å²) in [6, 6.07) is 15.2. The Morgan fingerprint density at radius 3 is 2.19 bits per heavy atom. The fourth-order valence-corrected chi connectivity index (χ4v) is 4.48. The first-order valence-corrected chi connectivity index (χ1v) is 11.2. The topological polar surface area (TPSA) is 53.1 Å². The van der Waals surface area contributed by atoms with Crippen molar-refractivity contribution in [2.45, 2.75) is 32.7 Å². The average Bonchev–Trinajstić information content (AvgIpc) is 3.05. The lowest BCUT2D eigenvalue weighted by atomic mass is 9.99. The summed E-state index contributed by atoms with van der Waals surface area (Å²) < 4.78 is 5.52. The normalized spacial score (nSPS) is 17.9. The SMILES string of the molecule is CCOc1ccc(N2C(=O)C(c3ccc(C)cc3)=C(N(C)C3CCN(C)CC3)C2=O)cc1. The zero-order chi connectivity index (χ0) is 22.8. The van der Waals surface area contributed by atoms with Gasteiger partial charge in [0.1, 0.15) is 11.4 Å². The molecule has 0 atom stereocenters. The van der Waals surface area contributed by atoms with Crippen LogP contribution in [0.25, 0.3) is 5.57 Å². The summed E-state index contributed by atoms with van der Waals surface area (Å²) in [5.74, 6) is 0.166. The molecule has 0 spiro atoms. The van der Waals surface area contributed by atoms with Gasteiger partial charge in [-0.1, -0.05) is 29.8 Å². The molecule has 2 heterocycles. The van der Waals surface area contributed by atoms with Gasteiger partial charge in [0, 0.05) is 13.1 Å². The molecule has 2 aliphatic heterocycles. The lowest BCUT2D eigenvalue weighted by Gasteiger charge is -2.36. The molecule has 0 radical (unpaired) electrons. The quantitative estimate of drug-likeness (QED) is 0.650. The van der Waals surface area contributed by atoms with Crippen LogP contribution in [0.5, 0.6) is 5.75 Å². The molecular weight excluding hydrogens is 402 g/mol. The fraction of sp³-hybridized carbons (Fsp3) is 0.385. The summed E-state index contributed by atoms with van der Waals surface area (Å²) >= 11 is 0. The third kappa shape index (κ3) is 4.15. The van der Waals surface area contributed by atoms with Crippen molar-refractivity contribution in [3.63, 3.8) is 0 Å². The van der Waals surface area contributed by atoms with E-state index >= 15 is 0 Å². The number of imide groups is 1. The second kappa shape index (κ2) is 9.17. The molecule has 168 valence electrons. The Hall–Kier alpha value is -3.12. The maximum absolute atomic E-state index is 13.7. The molecular formula is C26H31N3O3. The van der Waals surface area contributed by atoms with E-state index in [0.717, 1.165) is 37.1 Å². The van der Waals surface area contributed by atoms with Crippen LogP contribution in [0.4, 0.5) is 5.69 Å². The second-order valence-corrected chi connectivity index (χ2v) is 8.61. The van der Waals surface area contributed by atoms with Crippen LogP contribution in [0.2, 0.25) is 0 Å². The van der Waals surface area contributed by atoms with Crippen LogP contribution in [0.1, 0.15) is 30.9 Å². The first-order valence-electron chi connectivity index (χ1n) is 11.2. The van der Waals surface area contributed by atoms with E-state index in [1.807, 2.05) is 50.1 Å². The van der Waals surface area contributed by atoms with Crippen LogP contribution in [-0.4, -0.2) is 61.4 Å². The number of rotatable bonds is 6. The molecule has 1 fully saturated rings. The van der Waals surface area contributed by atoms with Crippen molar-refractivity contribution in [3.8, 4) is 5.75 Å². The highest BCUT2D eigenvalue weighted by molar-refractivity contribution is 6.45. The highest BCUT2D eigenvalue weighted by atomic mass is 16.5. The van der Waals surface area contributed by atoms with Crippen LogP contribution in [-0.2, 0) is 9.59 Å².